The number of aromatic hydroxyl groups is 1. The van der Waals surface area contributed by atoms with E-state index in [2.05, 4.69) is 4.90 Å². The molecule has 5 rings (SSSR count). The van der Waals surface area contributed by atoms with Crippen LogP contribution < -0.4 is 10.3 Å². The van der Waals surface area contributed by atoms with E-state index in [0.717, 1.165) is 18.8 Å². The second-order valence-corrected chi connectivity index (χ2v) is 8.30. The van der Waals surface area contributed by atoms with Crippen LogP contribution in [0.1, 0.15) is 17.4 Å². The van der Waals surface area contributed by atoms with Crippen LogP contribution in [0, 0.1) is 0 Å². The maximum Gasteiger partial charge on any atom is 0.265 e. The molecule has 1 saturated heterocycles. The van der Waals surface area contributed by atoms with Crippen molar-refractivity contribution in [3.8, 4) is 17.3 Å². The van der Waals surface area contributed by atoms with Gasteiger partial charge >= 0.3 is 0 Å². The number of pyridine rings is 1. The quantitative estimate of drug-likeness (QED) is 0.411. The maximum atomic E-state index is 13.3. The molecule has 1 atom stereocenters. The molecule has 0 spiro atoms. The summed E-state index contributed by atoms with van der Waals surface area (Å²) >= 11 is 0. The van der Waals surface area contributed by atoms with Crippen molar-refractivity contribution >= 4 is 17.0 Å². The molecule has 0 bridgehead atoms. The predicted octanol–water partition coefficient (Wildman–Crippen LogP) is 3.79. The molecule has 35 heavy (non-hydrogen) atoms. The number of nitrogens with zero attached hydrogens (tertiary/aromatic N) is 3. The van der Waals surface area contributed by atoms with Crippen LogP contribution in [0.4, 0.5) is 0 Å². The Balaban J connectivity index is 1.56. The molecule has 180 valence electrons. The first kappa shape index (κ1) is 22.9. The van der Waals surface area contributed by atoms with Crippen LogP contribution in [-0.4, -0.2) is 60.7 Å². The summed E-state index contributed by atoms with van der Waals surface area (Å²) in [5.41, 5.74) is 0.669. The first-order chi connectivity index (χ1) is 17.2. The fourth-order valence-corrected chi connectivity index (χ4v) is 4.48. The molecule has 0 amide bonds. The van der Waals surface area contributed by atoms with Crippen molar-refractivity contribution in [2.45, 2.75) is 6.04 Å². The fraction of sp³-hybridized carbons (Fsp3) is 0.259. The number of rotatable bonds is 7. The van der Waals surface area contributed by atoms with Gasteiger partial charge in [0.05, 0.1) is 50.4 Å². The lowest BCUT2D eigenvalue weighted by Gasteiger charge is -2.32. The summed E-state index contributed by atoms with van der Waals surface area (Å²) in [6.07, 6.45) is 3.31. The van der Waals surface area contributed by atoms with E-state index in [4.69, 9.17) is 18.9 Å². The van der Waals surface area contributed by atoms with E-state index in [-0.39, 0.29) is 17.5 Å². The van der Waals surface area contributed by atoms with E-state index in [1.54, 1.807) is 49.9 Å². The van der Waals surface area contributed by atoms with E-state index < -0.39 is 0 Å². The third-order valence-electron chi connectivity index (χ3n) is 6.27. The van der Waals surface area contributed by atoms with Crippen molar-refractivity contribution in [2.24, 2.45) is 4.99 Å². The molecule has 0 radical (unpaired) electrons. The highest BCUT2D eigenvalue weighted by Crippen LogP contribution is 2.28. The summed E-state index contributed by atoms with van der Waals surface area (Å²) in [4.78, 5) is 20.3. The van der Waals surface area contributed by atoms with Crippen LogP contribution in [0.25, 0.3) is 16.5 Å². The van der Waals surface area contributed by atoms with Gasteiger partial charge in [0, 0.05) is 36.1 Å². The Kier molecular flexibility index (Phi) is 6.65. The van der Waals surface area contributed by atoms with Gasteiger partial charge in [-0.1, -0.05) is 24.3 Å². The van der Waals surface area contributed by atoms with Crippen LogP contribution in [-0.2, 0) is 4.74 Å². The van der Waals surface area contributed by atoms with Gasteiger partial charge in [-0.3, -0.25) is 14.7 Å². The summed E-state index contributed by atoms with van der Waals surface area (Å²) in [5, 5.41) is 12.4. The Morgan fingerprint density at radius 2 is 1.89 bits per heavy atom. The average molecular weight is 474 g/mol. The maximum absolute atomic E-state index is 13.3. The topological polar surface area (TPSA) is 89.4 Å². The van der Waals surface area contributed by atoms with Crippen LogP contribution in [0.5, 0.6) is 11.6 Å². The second-order valence-electron chi connectivity index (χ2n) is 8.30. The number of methoxy groups -OCH3 is 1. The van der Waals surface area contributed by atoms with Gasteiger partial charge < -0.3 is 19.0 Å². The normalized spacial score (nSPS) is 15.6. The Labute approximate surface area is 202 Å². The molecule has 3 heterocycles. The third kappa shape index (κ3) is 4.58. The number of aliphatic imine (C=N–C) groups is 1. The second kappa shape index (κ2) is 10.2. The Morgan fingerprint density at radius 1 is 1.09 bits per heavy atom. The van der Waals surface area contributed by atoms with E-state index in [9.17, 15) is 9.90 Å². The smallest absolute Gasteiger partial charge is 0.265 e. The van der Waals surface area contributed by atoms with Gasteiger partial charge in [-0.15, -0.1) is 0 Å². The van der Waals surface area contributed by atoms with Crippen molar-refractivity contribution < 1.29 is 19.0 Å². The molecular formula is C27H27N3O5. The van der Waals surface area contributed by atoms with E-state index in [1.165, 1.54) is 4.57 Å². The highest BCUT2D eigenvalue weighted by Gasteiger charge is 2.24. The van der Waals surface area contributed by atoms with E-state index in [0.29, 0.717) is 47.5 Å². The first-order valence-electron chi connectivity index (χ1n) is 11.5. The lowest BCUT2D eigenvalue weighted by Crippen LogP contribution is -2.40. The van der Waals surface area contributed by atoms with Crippen LogP contribution >= 0.6 is 0 Å². The average Bonchev–Trinajstić information content (AvgIpc) is 3.44. The molecule has 2 aromatic heterocycles. The van der Waals surface area contributed by atoms with Crippen LogP contribution in [0.3, 0.4) is 0 Å². The minimum atomic E-state index is -0.315. The third-order valence-corrected chi connectivity index (χ3v) is 6.27. The molecule has 1 aliphatic rings. The van der Waals surface area contributed by atoms with Crippen LogP contribution in [0.2, 0.25) is 0 Å². The minimum absolute atomic E-state index is 0.0529. The van der Waals surface area contributed by atoms with Gasteiger partial charge in [-0.25, -0.2) is 4.57 Å². The summed E-state index contributed by atoms with van der Waals surface area (Å²) in [7, 11) is 1.56. The molecule has 8 heteroatoms. The molecule has 0 aliphatic carbocycles. The van der Waals surface area contributed by atoms with Gasteiger partial charge in [0.15, 0.2) is 0 Å². The summed E-state index contributed by atoms with van der Waals surface area (Å²) in [6.45, 7) is 3.33. The number of hydrogen-bond acceptors (Lipinski definition) is 7. The van der Waals surface area contributed by atoms with Crippen molar-refractivity contribution in [2.75, 3.05) is 40.0 Å². The Hall–Kier alpha value is -3.88. The number of fused-ring (bicyclic) bond motifs is 1. The van der Waals surface area contributed by atoms with Gasteiger partial charge in [-0.2, -0.15) is 0 Å². The van der Waals surface area contributed by atoms with Gasteiger partial charge in [0.1, 0.15) is 11.5 Å². The Morgan fingerprint density at radius 3 is 2.63 bits per heavy atom. The molecule has 0 saturated carbocycles. The first-order valence-corrected chi connectivity index (χ1v) is 11.5. The number of aromatic nitrogens is 1. The zero-order valence-corrected chi connectivity index (χ0v) is 19.5. The number of morpholine rings is 1. The summed E-state index contributed by atoms with van der Waals surface area (Å²) < 4.78 is 17.8. The molecule has 4 aromatic rings. The molecule has 0 unspecified atom stereocenters. The zero-order chi connectivity index (χ0) is 24.2. The van der Waals surface area contributed by atoms with E-state index >= 15 is 0 Å². The molecule has 1 N–H and O–H groups in total. The van der Waals surface area contributed by atoms with Gasteiger partial charge in [0.2, 0.25) is 5.88 Å². The number of furan rings is 1. The predicted molar refractivity (Wildman–Crippen MR) is 134 cm³/mol. The standard InChI is InChI=1S/C27H27N3O5/c1-33-20-7-4-6-19(16-20)30-26(31)22-9-3-2-8-21(22)23(27(30)32)17-28-18-24(25-10-5-13-35-25)29-11-14-34-15-12-29/h2-10,13,16-17,24,32H,11-12,14-15,18H2,1H3/t24-/m1/s1. The summed E-state index contributed by atoms with van der Waals surface area (Å²) in [6, 6.07) is 18.0. The van der Waals surface area contributed by atoms with E-state index in [1.807, 2.05) is 30.3 Å². The molecule has 8 nitrogen and oxygen atoms in total. The molecule has 1 aliphatic heterocycles. The Bertz CT molecular complexity index is 1390. The van der Waals surface area contributed by atoms with Crippen molar-refractivity contribution in [1.29, 1.82) is 0 Å². The monoisotopic (exact) mass is 473 g/mol. The van der Waals surface area contributed by atoms with Gasteiger partial charge in [0.25, 0.3) is 5.56 Å². The van der Waals surface area contributed by atoms with Crippen LogP contribution in [0.15, 0.2) is 81.1 Å². The lowest BCUT2D eigenvalue weighted by molar-refractivity contribution is 0.0137. The van der Waals surface area contributed by atoms with Crippen molar-refractivity contribution in [3.05, 3.63) is 88.6 Å². The summed E-state index contributed by atoms with van der Waals surface area (Å²) in [5.74, 6) is 1.25. The molecule has 2 aromatic carbocycles. The zero-order valence-electron chi connectivity index (χ0n) is 19.5. The largest absolute Gasteiger partial charge is 0.497 e. The highest BCUT2D eigenvalue weighted by atomic mass is 16.5. The van der Waals surface area contributed by atoms with Crippen molar-refractivity contribution in [3.63, 3.8) is 0 Å². The fourth-order valence-electron chi connectivity index (χ4n) is 4.48. The number of hydrogen-bond donors (Lipinski definition) is 1. The SMILES string of the molecule is COc1cccc(-n2c(O)c(C=NC[C@H](c3ccco3)N3CCOCC3)c3ccccc3c2=O)c1. The van der Waals surface area contributed by atoms with Crippen molar-refractivity contribution in [1.82, 2.24) is 9.47 Å². The number of benzene rings is 2. The lowest BCUT2D eigenvalue weighted by atomic mass is 10.1. The van der Waals surface area contributed by atoms with Gasteiger partial charge in [-0.05, 0) is 30.3 Å². The molecular weight excluding hydrogens is 446 g/mol. The minimum Gasteiger partial charge on any atom is -0.497 e. The number of ether oxygens (including phenoxy) is 2. The highest BCUT2D eigenvalue weighted by molar-refractivity contribution is 6.01. The molecule has 1 fully saturated rings.